The molecule has 2 aromatic rings. The van der Waals surface area contributed by atoms with Gasteiger partial charge >= 0.3 is 0 Å². The smallest absolute Gasteiger partial charge is 0.267 e. The highest BCUT2D eigenvalue weighted by Gasteiger charge is 2.26. The fourth-order valence-corrected chi connectivity index (χ4v) is 6.29. The Morgan fingerprint density at radius 2 is 1.89 bits per heavy atom. The molecule has 3 heterocycles. The standard InChI is InChI=1S/C19H24N4O3S2/c1-14-17(27-19(20-14)22-9-2-3-10-22)18(24)21-15-7-6-8-16(13-15)23-11-4-5-12-28(23,25)26/h6-8,13H,2-5,9-12H2,1H3,(H,21,24). The third-order valence-corrected chi connectivity index (χ3v) is 8.20. The van der Waals surface area contributed by atoms with Crippen molar-refractivity contribution in [3.05, 3.63) is 34.8 Å². The maximum Gasteiger partial charge on any atom is 0.267 e. The van der Waals surface area contributed by atoms with E-state index in [9.17, 15) is 13.2 Å². The van der Waals surface area contributed by atoms with Crippen LogP contribution in [0.3, 0.4) is 0 Å². The van der Waals surface area contributed by atoms with Gasteiger partial charge in [-0.05, 0) is 50.8 Å². The molecule has 2 aliphatic rings. The van der Waals surface area contributed by atoms with Gasteiger partial charge < -0.3 is 10.2 Å². The molecule has 0 radical (unpaired) electrons. The van der Waals surface area contributed by atoms with Crippen LogP contribution in [0.15, 0.2) is 24.3 Å². The van der Waals surface area contributed by atoms with Gasteiger partial charge in [0.15, 0.2) is 5.13 Å². The molecule has 2 fully saturated rings. The number of sulfonamides is 1. The average molecular weight is 421 g/mol. The molecule has 9 heteroatoms. The molecule has 2 saturated heterocycles. The molecule has 0 aliphatic carbocycles. The molecule has 2 aliphatic heterocycles. The Labute approximate surface area is 169 Å². The highest BCUT2D eigenvalue weighted by atomic mass is 32.2. The van der Waals surface area contributed by atoms with E-state index in [2.05, 4.69) is 15.2 Å². The highest BCUT2D eigenvalue weighted by Crippen LogP contribution is 2.30. The molecule has 1 aromatic carbocycles. The summed E-state index contributed by atoms with van der Waals surface area (Å²) in [6.07, 6.45) is 3.85. The number of anilines is 3. The summed E-state index contributed by atoms with van der Waals surface area (Å²) in [7, 11) is -3.28. The van der Waals surface area contributed by atoms with Crippen molar-refractivity contribution in [3.8, 4) is 0 Å². The van der Waals surface area contributed by atoms with Crippen molar-refractivity contribution in [1.29, 1.82) is 0 Å². The van der Waals surface area contributed by atoms with E-state index in [0.29, 0.717) is 29.2 Å². The first-order valence-electron chi connectivity index (χ1n) is 9.58. The lowest BCUT2D eigenvalue weighted by Crippen LogP contribution is -2.37. The summed E-state index contributed by atoms with van der Waals surface area (Å²) in [6, 6.07) is 7.03. The quantitative estimate of drug-likeness (QED) is 0.821. The minimum Gasteiger partial charge on any atom is -0.348 e. The summed E-state index contributed by atoms with van der Waals surface area (Å²) in [5.41, 5.74) is 1.90. The lowest BCUT2D eigenvalue weighted by molar-refractivity contribution is 0.103. The second-order valence-corrected chi connectivity index (χ2v) is 10.2. The number of aryl methyl sites for hydroxylation is 1. The topological polar surface area (TPSA) is 82.6 Å². The first-order chi connectivity index (χ1) is 13.4. The Morgan fingerprint density at radius 1 is 1.14 bits per heavy atom. The number of hydrogen-bond donors (Lipinski definition) is 1. The van der Waals surface area contributed by atoms with Crippen molar-refractivity contribution < 1.29 is 13.2 Å². The SMILES string of the molecule is Cc1nc(N2CCCC2)sc1C(=O)Nc1cccc(N2CCCCS2(=O)=O)c1. The summed E-state index contributed by atoms with van der Waals surface area (Å²) in [5.74, 6) is -0.0396. The molecule has 1 aromatic heterocycles. The maximum absolute atomic E-state index is 12.8. The maximum atomic E-state index is 12.8. The fraction of sp³-hybridized carbons (Fsp3) is 0.474. The van der Waals surface area contributed by atoms with Crippen LogP contribution in [0.2, 0.25) is 0 Å². The van der Waals surface area contributed by atoms with Crippen LogP contribution in [0.1, 0.15) is 41.0 Å². The Hall–Kier alpha value is -2.13. The van der Waals surface area contributed by atoms with Gasteiger partial charge in [0, 0.05) is 25.3 Å². The predicted molar refractivity (Wildman–Crippen MR) is 113 cm³/mol. The Balaban J connectivity index is 1.52. The number of hydrogen-bond acceptors (Lipinski definition) is 6. The zero-order valence-electron chi connectivity index (χ0n) is 15.8. The van der Waals surface area contributed by atoms with Crippen molar-refractivity contribution in [3.63, 3.8) is 0 Å². The molecular weight excluding hydrogens is 396 g/mol. The van der Waals surface area contributed by atoms with Crippen LogP contribution in [0.25, 0.3) is 0 Å². The van der Waals surface area contributed by atoms with Crippen molar-refractivity contribution in [2.45, 2.75) is 32.6 Å². The minimum atomic E-state index is -3.28. The van der Waals surface area contributed by atoms with Crippen LogP contribution < -0.4 is 14.5 Å². The summed E-state index contributed by atoms with van der Waals surface area (Å²) < 4.78 is 26.1. The lowest BCUT2D eigenvalue weighted by Gasteiger charge is -2.28. The van der Waals surface area contributed by atoms with Gasteiger partial charge in [0.1, 0.15) is 4.88 Å². The number of amides is 1. The van der Waals surface area contributed by atoms with E-state index >= 15 is 0 Å². The molecule has 0 saturated carbocycles. The molecule has 150 valence electrons. The van der Waals surface area contributed by atoms with E-state index in [1.807, 2.05) is 6.92 Å². The van der Waals surface area contributed by atoms with Crippen molar-refractivity contribution in [1.82, 2.24) is 4.98 Å². The van der Waals surface area contributed by atoms with Crippen LogP contribution >= 0.6 is 11.3 Å². The van der Waals surface area contributed by atoms with Gasteiger partial charge in [-0.2, -0.15) is 0 Å². The van der Waals surface area contributed by atoms with Crippen molar-refractivity contribution in [2.24, 2.45) is 0 Å². The molecule has 0 bridgehead atoms. The fourth-order valence-electron chi connectivity index (χ4n) is 3.64. The number of carbonyl (C=O) groups is 1. The summed E-state index contributed by atoms with van der Waals surface area (Å²) in [5, 5.41) is 3.80. The molecular formula is C19H24N4O3S2. The largest absolute Gasteiger partial charge is 0.348 e. The number of carbonyl (C=O) groups excluding carboxylic acids is 1. The molecule has 4 rings (SSSR count). The van der Waals surface area contributed by atoms with Gasteiger partial charge in [0.25, 0.3) is 5.91 Å². The van der Waals surface area contributed by atoms with Crippen LogP contribution in [-0.2, 0) is 10.0 Å². The zero-order chi connectivity index (χ0) is 19.7. The number of benzene rings is 1. The van der Waals surface area contributed by atoms with E-state index in [1.54, 1.807) is 24.3 Å². The van der Waals surface area contributed by atoms with Gasteiger partial charge in [-0.3, -0.25) is 9.10 Å². The van der Waals surface area contributed by atoms with E-state index in [-0.39, 0.29) is 11.7 Å². The Kier molecular flexibility index (Phi) is 5.29. The van der Waals surface area contributed by atoms with Crippen LogP contribution in [0, 0.1) is 6.92 Å². The predicted octanol–water partition coefficient (Wildman–Crippen LogP) is 3.23. The molecule has 0 spiro atoms. The molecule has 1 amide bonds. The van der Waals surface area contributed by atoms with Gasteiger partial charge in [0.05, 0.1) is 17.1 Å². The molecule has 28 heavy (non-hydrogen) atoms. The molecule has 1 N–H and O–H groups in total. The normalized spacial score (nSPS) is 19.0. The minimum absolute atomic E-state index is 0.170. The van der Waals surface area contributed by atoms with Gasteiger partial charge in [-0.15, -0.1) is 0 Å². The van der Waals surface area contributed by atoms with Crippen LogP contribution in [-0.4, -0.2) is 44.7 Å². The van der Waals surface area contributed by atoms with Crippen molar-refractivity contribution in [2.75, 3.05) is 39.9 Å². The number of nitrogens with one attached hydrogen (secondary N) is 1. The summed E-state index contributed by atoms with van der Waals surface area (Å²) in [6.45, 7) is 4.30. The Morgan fingerprint density at radius 3 is 2.64 bits per heavy atom. The second kappa shape index (κ2) is 7.71. The highest BCUT2D eigenvalue weighted by molar-refractivity contribution is 7.92. The average Bonchev–Trinajstić information content (AvgIpc) is 3.31. The molecule has 0 atom stereocenters. The van der Waals surface area contributed by atoms with E-state index < -0.39 is 10.0 Å². The van der Waals surface area contributed by atoms with Gasteiger partial charge in [-0.25, -0.2) is 13.4 Å². The summed E-state index contributed by atoms with van der Waals surface area (Å²) >= 11 is 1.41. The lowest BCUT2D eigenvalue weighted by atomic mass is 10.2. The first-order valence-corrected chi connectivity index (χ1v) is 12.0. The van der Waals surface area contributed by atoms with E-state index in [1.165, 1.54) is 15.6 Å². The van der Waals surface area contributed by atoms with E-state index in [4.69, 9.17) is 0 Å². The first kappa shape index (κ1) is 19.2. The number of aromatic nitrogens is 1. The third kappa shape index (κ3) is 3.86. The van der Waals surface area contributed by atoms with Gasteiger partial charge in [0.2, 0.25) is 10.0 Å². The third-order valence-electron chi connectivity index (χ3n) is 5.11. The number of nitrogens with zero attached hydrogens (tertiary/aromatic N) is 3. The van der Waals surface area contributed by atoms with Crippen LogP contribution in [0.5, 0.6) is 0 Å². The van der Waals surface area contributed by atoms with E-state index in [0.717, 1.165) is 43.2 Å². The van der Waals surface area contributed by atoms with Crippen LogP contribution in [0.4, 0.5) is 16.5 Å². The zero-order valence-corrected chi connectivity index (χ0v) is 17.5. The molecule has 0 unspecified atom stereocenters. The number of rotatable bonds is 4. The Bertz CT molecular complexity index is 981. The van der Waals surface area contributed by atoms with Crippen molar-refractivity contribution >= 4 is 43.8 Å². The molecule has 7 nitrogen and oxygen atoms in total. The summed E-state index contributed by atoms with van der Waals surface area (Å²) in [4.78, 5) is 20.2. The second-order valence-electron chi connectivity index (χ2n) is 7.20. The number of thiazole rings is 1. The van der Waals surface area contributed by atoms with Gasteiger partial charge in [-0.1, -0.05) is 17.4 Å². The monoisotopic (exact) mass is 420 g/mol.